The lowest BCUT2D eigenvalue weighted by Crippen LogP contribution is -2.61. The van der Waals surface area contributed by atoms with E-state index in [0.717, 1.165) is 0 Å². The lowest BCUT2D eigenvalue weighted by Gasteiger charge is -2.42. The van der Waals surface area contributed by atoms with E-state index in [1.165, 1.54) is 33.5 Å². The van der Waals surface area contributed by atoms with E-state index >= 15 is 0 Å². The van der Waals surface area contributed by atoms with Crippen molar-refractivity contribution >= 4 is 21.6 Å². The lowest BCUT2D eigenvalue weighted by atomic mass is 10.0. The predicted octanol–water partition coefficient (Wildman–Crippen LogP) is 0.610. The van der Waals surface area contributed by atoms with Gasteiger partial charge in [0.05, 0.1) is 25.5 Å². The molecule has 0 bridgehead atoms. The summed E-state index contributed by atoms with van der Waals surface area (Å²) in [5.74, 6) is -0.660. The first-order valence-corrected chi connectivity index (χ1v) is 9.72. The molecule has 7 nitrogen and oxygen atoms in total. The molecular formula is C16H21FN2O5S. The highest BCUT2D eigenvalue weighted by Gasteiger charge is 2.45. The number of halogens is 1. The summed E-state index contributed by atoms with van der Waals surface area (Å²) >= 11 is 0. The summed E-state index contributed by atoms with van der Waals surface area (Å²) < 4.78 is 50.4. The van der Waals surface area contributed by atoms with Crippen molar-refractivity contribution < 1.29 is 27.1 Å². The second-order valence-corrected chi connectivity index (χ2v) is 8.47. The third-order valence-corrected chi connectivity index (χ3v) is 6.29. The molecule has 0 N–H and O–H groups in total. The summed E-state index contributed by atoms with van der Waals surface area (Å²) in [4.78, 5) is 13.8. The van der Waals surface area contributed by atoms with Crippen LogP contribution in [-0.4, -0.2) is 69.4 Å². The van der Waals surface area contributed by atoms with Gasteiger partial charge in [0.1, 0.15) is 18.0 Å². The topological polar surface area (TPSA) is 76.2 Å². The molecule has 9 heteroatoms. The molecule has 1 aromatic carbocycles. The van der Waals surface area contributed by atoms with Crippen LogP contribution in [0.25, 0.3) is 0 Å². The number of hydrogen-bond donors (Lipinski definition) is 0. The molecule has 2 fully saturated rings. The number of nitrogens with zero attached hydrogens (tertiary/aromatic N) is 2. The first kappa shape index (κ1) is 18.2. The highest BCUT2D eigenvalue weighted by molar-refractivity contribution is 7.89. The standard InChI is InChI=1S/C16H21FN2O5S/c1-2-25(21,22)18-7-8-23-12-16(10-18)11-19(15(20)9-24-16)14-5-3-13(17)4-6-14/h3-6H,2,7-12H2,1H3/t16-/m1/s1. The van der Waals surface area contributed by atoms with Crippen molar-refractivity contribution in [3.8, 4) is 0 Å². The molecular weight excluding hydrogens is 351 g/mol. The van der Waals surface area contributed by atoms with E-state index in [4.69, 9.17) is 9.47 Å². The fourth-order valence-corrected chi connectivity index (χ4v) is 4.19. The van der Waals surface area contributed by atoms with Crippen molar-refractivity contribution in [1.29, 1.82) is 0 Å². The van der Waals surface area contributed by atoms with E-state index in [2.05, 4.69) is 0 Å². The van der Waals surface area contributed by atoms with Crippen molar-refractivity contribution in [2.24, 2.45) is 0 Å². The van der Waals surface area contributed by atoms with Crippen LogP contribution in [0.2, 0.25) is 0 Å². The van der Waals surface area contributed by atoms with E-state index in [1.807, 2.05) is 0 Å². The van der Waals surface area contributed by atoms with Crippen LogP contribution in [-0.2, 0) is 24.3 Å². The van der Waals surface area contributed by atoms with Crippen LogP contribution in [0.1, 0.15) is 6.92 Å². The van der Waals surface area contributed by atoms with Gasteiger partial charge in [-0.05, 0) is 31.2 Å². The Kier molecular flexibility index (Phi) is 5.10. The van der Waals surface area contributed by atoms with Crippen molar-refractivity contribution in [2.75, 3.05) is 50.1 Å². The Hall–Kier alpha value is -1.55. The van der Waals surface area contributed by atoms with Crippen LogP contribution >= 0.6 is 0 Å². The van der Waals surface area contributed by atoms with Gasteiger partial charge in [0, 0.05) is 18.8 Å². The maximum Gasteiger partial charge on any atom is 0.253 e. The quantitative estimate of drug-likeness (QED) is 0.777. The summed E-state index contributed by atoms with van der Waals surface area (Å²) in [6.07, 6.45) is 0. The Morgan fingerprint density at radius 3 is 2.64 bits per heavy atom. The largest absolute Gasteiger partial charge is 0.377 e. The number of carbonyl (C=O) groups is 1. The maximum atomic E-state index is 13.2. The third-order valence-electron chi connectivity index (χ3n) is 4.46. The minimum atomic E-state index is -3.40. The molecule has 2 saturated heterocycles. The molecule has 2 aliphatic rings. The van der Waals surface area contributed by atoms with Gasteiger partial charge in [-0.1, -0.05) is 0 Å². The molecule has 25 heavy (non-hydrogen) atoms. The molecule has 0 aliphatic carbocycles. The highest BCUT2D eigenvalue weighted by atomic mass is 32.2. The van der Waals surface area contributed by atoms with Gasteiger partial charge in [0.2, 0.25) is 10.0 Å². The molecule has 138 valence electrons. The van der Waals surface area contributed by atoms with Crippen LogP contribution in [0.4, 0.5) is 10.1 Å². The molecule has 1 amide bonds. The summed E-state index contributed by atoms with van der Waals surface area (Å²) in [5.41, 5.74) is -0.399. The maximum absolute atomic E-state index is 13.2. The summed E-state index contributed by atoms with van der Waals surface area (Å²) in [7, 11) is -3.40. The number of morpholine rings is 1. The number of hydrogen-bond acceptors (Lipinski definition) is 5. The summed E-state index contributed by atoms with van der Waals surface area (Å²) in [6.45, 7) is 2.39. The molecule has 1 atom stereocenters. The zero-order valence-electron chi connectivity index (χ0n) is 14.0. The number of amides is 1. The lowest BCUT2D eigenvalue weighted by molar-refractivity contribution is -0.145. The van der Waals surface area contributed by atoms with Crippen LogP contribution in [0.3, 0.4) is 0 Å². The van der Waals surface area contributed by atoms with Gasteiger partial charge in [-0.15, -0.1) is 0 Å². The van der Waals surface area contributed by atoms with E-state index in [-0.39, 0.29) is 51.1 Å². The van der Waals surface area contributed by atoms with Crippen molar-refractivity contribution in [2.45, 2.75) is 12.5 Å². The number of anilines is 1. The van der Waals surface area contributed by atoms with E-state index in [9.17, 15) is 17.6 Å². The van der Waals surface area contributed by atoms with Gasteiger partial charge in [0.15, 0.2) is 0 Å². The minimum Gasteiger partial charge on any atom is -0.377 e. The zero-order chi connectivity index (χ0) is 18.1. The summed E-state index contributed by atoms with van der Waals surface area (Å²) in [5, 5.41) is 0. The number of benzene rings is 1. The monoisotopic (exact) mass is 372 g/mol. The number of carbonyl (C=O) groups excluding carboxylic acids is 1. The molecule has 3 rings (SSSR count). The van der Waals surface area contributed by atoms with Crippen LogP contribution in [0.5, 0.6) is 0 Å². The SMILES string of the molecule is CCS(=O)(=O)N1CCOC[C@]2(CN(c3ccc(F)cc3)C(=O)CO2)C1. The van der Waals surface area contributed by atoms with Crippen LogP contribution in [0, 0.1) is 5.82 Å². The van der Waals surface area contributed by atoms with E-state index < -0.39 is 21.4 Å². The first-order valence-electron chi connectivity index (χ1n) is 8.11. The predicted molar refractivity (Wildman–Crippen MR) is 89.3 cm³/mol. The fourth-order valence-electron chi connectivity index (χ4n) is 3.04. The molecule has 0 radical (unpaired) electrons. The average Bonchev–Trinajstić information content (AvgIpc) is 2.81. The van der Waals surface area contributed by atoms with Crippen molar-refractivity contribution in [1.82, 2.24) is 4.31 Å². The van der Waals surface area contributed by atoms with Crippen molar-refractivity contribution in [3.05, 3.63) is 30.1 Å². The number of sulfonamides is 1. The van der Waals surface area contributed by atoms with Gasteiger partial charge < -0.3 is 14.4 Å². The highest BCUT2D eigenvalue weighted by Crippen LogP contribution is 2.28. The second kappa shape index (κ2) is 6.99. The van der Waals surface area contributed by atoms with Gasteiger partial charge in [-0.25, -0.2) is 12.8 Å². The molecule has 1 aromatic rings. The Bertz CT molecular complexity index is 739. The third kappa shape index (κ3) is 3.84. The van der Waals surface area contributed by atoms with E-state index in [1.54, 1.807) is 6.92 Å². The van der Waals surface area contributed by atoms with Crippen LogP contribution in [0.15, 0.2) is 24.3 Å². The molecule has 0 saturated carbocycles. The average molecular weight is 372 g/mol. The van der Waals surface area contributed by atoms with Gasteiger partial charge >= 0.3 is 0 Å². The Morgan fingerprint density at radius 1 is 1.24 bits per heavy atom. The number of rotatable bonds is 3. The first-order chi connectivity index (χ1) is 11.9. The van der Waals surface area contributed by atoms with Gasteiger partial charge in [-0.2, -0.15) is 4.31 Å². The number of ether oxygens (including phenoxy) is 2. The van der Waals surface area contributed by atoms with E-state index in [0.29, 0.717) is 5.69 Å². The van der Waals surface area contributed by atoms with Gasteiger partial charge in [-0.3, -0.25) is 4.79 Å². The van der Waals surface area contributed by atoms with Gasteiger partial charge in [0.25, 0.3) is 5.91 Å². The normalized spacial score (nSPS) is 26.0. The Labute approximate surface area is 146 Å². The Balaban J connectivity index is 1.87. The molecule has 2 aliphatic heterocycles. The van der Waals surface area contributed by atoms with Crippen LogP contribution < -0.4 is 4.90 Å². The molecule has 1 spiro atoms. The molecule has 0 unspecified atom stereocenters. The summed E-state index contributed by atoms with van der Waals surface area (Å²) in [6, 6.07) is 5.60. The second-order valence-electron chi connectivity index (χ2n) is 6.21. The minimum absolute atomic E-state index is 0.0102. The molecule has 0 aromatic heterocycles. The smallest absolute Gasteiger partial charge is 0.253 e. The fraction of sp³-hybridized carbons (Fsp3) is 0.562. The zero-order valence-corrected chi connectivity index (χ0v) is 14.8. The Morgan fingerprint density at radius 2 is 1.96 bits per heavy atom. The van der Waals surface area contributed by atoms with Crippen molar-refractivity contribution in [3.63, 3.8) is 0 Å². The molecule has 2 heterocycles.